The van der Waals surface area contributed by atoms with Crippen LogP contribution in [0.4, 0.5) is 0 Å². The first-order chi connectivity index (χ1) is 11.0. The quantitative estimate of drug-likeness (QED) is 0.429. The topological polar surface area (TPSA) is 69.7 Å². The smallest absolute Gasteiger partial charge is 0.338 e. The van der Waals surface area contributed by atoms with Crippen molar-refractivity contribution in [2.24, 2.45) is 0 Å². The number of carbonyl (C=O) groups is 3. The Balaban J connectivity index is 2.69. The number of esters is 2. The molecule has 0 saturated carbocycles. The maximum absolute atomic E-state index is 12.8. The highest BCUT2D eigenvalue weighted by Crippen LogP contribution is 2.26. The van der Waals surface area contributed by atoms with Crippen molar-refractivity contribution in [3.05, 3.63) is 68.3 Å². The number of hydrogen-bond donors (Lipinski definition) is 0. The number of halogens is 1. The first-order valence-electron chi connectivity index (χ1n) is 6.60. The summed E-state index contributed by atoms with van der Waals surface area (Å²) in [5.41, 5.74) is 0.877. The predicted octanol–water partition coefficient (Wildman–Crippen LogP) is 3.10. The van der Waals surface area contributed by atoms with E-state index in [1.165, 1.54) is 26.4 Å². The van der Waals surface area contributed by atoms with Gasteiger partial charge in [-0.2, -0.15) is 0 Å². The van der Waals surface area contributed by atoms with Gasteiger partial charge >= 0.3 is 11.9 Å². The highest BCUT2D eigenvalue weighted by Gasteiger charge is 2.26. The molecule has 0 amide bonds. The second-order valence-electron chi connectivity index (χ2n) is 4.53. The number of carbonyl (C=O) groups excluding carboxylic acids is 3. The lowest BCUT2D eigenvalue weighted by atomic mass is 9.96. The molecule has 0 fully saturated rings. The van der Waals surface area contributed by atoms with Gasteiger partial charge in [0.15, 0.2) is 5.78 Å². The van der Waals surface area contributed by atoms with Crippen LogP contribution in [0.15, 0.2) is 42.5 Å². The largest absolute Gasteiger partial charge is 0.465 e. The zero-order chi connectivity index (χ0) is 17.0. The van der Waals surface area contributed by atoms with Crippen LogP contribution in [0.1, 0.15) is 36.6 Å². The monoisotopic (exact) mass is 424 g/mol. The molecule has 0 atom stereocenters. The Bertz CT molecular complexity index is 768. The standard InChI is InChI=1S/C17H13IO5/c1-22-16(20)11-8-9-12(17(21)23-2)14(18)13(11)15(19)10-6-4-3-5-7-10/h3-9H,1-2H3. The van der Waals surface area contributed by atoms with Crippen molar-refractivity contribution in [2.45, 2.75) is 0 Å². The van der Waals surface area contributed by atoms with Crippen LogP contribution < -0.4 is 0 Å². The molecule has 0 unspecified atom stereocenters. The van der Waals surface area contributed by atoms with Crippen molar-refractivity contribution in [3.8, 4) is 0 Å². The molecule has 0 spiro atoms. The summed E-state index contributed by atoms with van der Waals surface area (Å²) in [6, 6.07) is 11.4. The van der Waals surface area contributed by atoms with Crippen LogP contribution in [0.3, 0.4) is 0 Å². The summed E-state index contributed by atoms with van der Waals surface area (Å²) in [6.07, 6.45) is 0. The Labute approximate surface area is 146 Å². The molecular weight excluding hydrogens is 411 g/mol. The maximum Gasteiger partial charge on any atom is 0.338 e. The zero-order valence-corrected chi connectivity index (χ0v) is 14.6. The molecule has 0 saturated heterocycles. The van der Waals surface area contributed by atoms with Crippen molar-refractivity contribution in [2.75, 3.05) is 14.2 Å². The molecule has 5 nitrogen and oxygen atoms in total. The molecule has 0 aliphatic carbocycles. The number of ether oxygens (including phenoxy) is 2. The number of rotatable bonds is 4. The average Bonchev–Trinajstić information content (AvgIpc) is 2.60. The summed E-state index contributed by atoms with van der Waals surface area (Å²) in [5.74, 6) is -1.58. The van der Waals surface area contributed by atoms with Gasteiger partial charge in [0.05, 0.1) is 30.9 Å². The fourth-order valence-electron chi connectivity index (χ4n) is 2.08. The van der Waals surface area contributed by atoms with Gasteiger partial charge in [0.25, 0.3) is 0 Å². The van der Waals surface area contributed by atoms with E-state index >= 15 is 0 Å². The lowest BCUT2D eigenvalue weighted by Gasteiger charge is -2.12. The molecule has 2 rings (SSSR count). The lowest BCUT2D eigenvalue weighted by molar-refractivity contribution is 0.0584. The van der Waals surface area contributed by atoms with E-state index in [1.54, 1.807) is 30.3 Å². The predicted molar refractivity (Wildman–Crippen MR) is 91.7 cm³/mol. The SMILES string of the molecule is COC(=O)c1ccc(C(=O)OC)c(C(=O)c2ccccc2)c1I. The average molecular weight is 424 g/mol. The Morgan fingerprint density at radius 2 is 1.35 bits per heavy atom. The van der Waals surface area contributed by atoms with E-state index in [1.807, 2.05) is 22.6 Å². The second kappa shape index (κ2) is 7.36. The maximum atomic E-state index is 12.8. The minimum atomic E-state index is -0.640. The van der Waals surface area contributed by atoms with E-state index in [9.17, 15) is 14.4 Å². The number of ketones is 1. The molecule has 0 aromatic heterocycles. The van der Waals surface area contributed by atoms with Crippen LogP contribution in [0, 0.1) is 3.57 Å². The van der Waals surface area contributed by atoms with Gasteiger partial charge in [0, 0.05) is 9.13 Å². The fraction of sp³-hybridized carbons (Fsp3) is 0.118. The van der Waals surface area contributed by atoms with Crippen LogP contribution in [0.5, 0.6) is 0 Å². The summed E-state index contributed by atoms with van der Waals surface area (Å²) in [5, 5.41) is 0. The molecule has 6 heteroatoms. The van der Waals surface area contributed by atoms with Crippen LogP contribution in [0.2, 0.25) is 0 Å². The van der Waals surface area contributed by atoms with Gasteiger partial charge in [-0.1, -0.05) is 30.3 Å². The minimum absolute atomic E-state index is 0.110. The fourth-order valence-corrected chi connectivity index (χ4v) is 3.02. The highest BCUT2D eigenvalue weighted by molar-refractivity contribution is 14.1. The van der Waals surface area contributed by atoms with E-state index in [-0.39, 0.29) is 22.5 Å². The summed E-state index contributed by atoms with van der Waals surface area (Å²) in [4.78, 5) is 36.6. The van der Waals surface area contributed by atoms with Crippen molar-refractivity contribution < 1.29 is 23.9 Å². The second-order valence-corrected chi connectivity index (χ2v) is 5.61. The van der Waals surface area contributed by atoms with Crippen LogP contribution in [0.25, 0.3) is 0 Å². The zero-order valence-electron chi connectivity index (χ0n) is 12.5. The van der Waals surface area contributed by atoms with Gasteiger partial charge in [-0.25, -0.2) is 9.59 Å². The molecule has 0 bridgehead atoms. The molecule has 0 N–H and O–H groups in total. The lowest BCUT2D eigenvalue weighted by Crippen LogP contribution is -2.16. The molecule has 0 aliphatic heterocycles. The summed E-state index contributed by atoms with van der Waals surface area (Å²) >= 11 is 1.87. The third-order valence-corrected chi connectivity index (χ3v) is 4.34. The Hall–Kier alpha value is -2.22. The van der Waals surface area contributed by atoms with E-state index in [0.29, 0.717) is 9.13 Å². The summed E-state index contributed by atoms with van der Waals surface area (Å²) in [6.45, 7) is 0. The van der Waals surface area contributed by atoms with Crippen LogP contribution >= 0.6 is 22.6 Å². The third kappa shape index (κ3) is 3.42. The van der Waals surface area contributed by atoms with E-state index in [2.05, 4.69) is 0 Å². The Kier molecular flexibility index (Phi) is 5.49. The first-order valence-corrected chi connectivity index (χ1v) is 7.68. The van der Waals surface area contributed by atoms with Gasteiger partial charge in [-0.05, 0) is 34.7 Å². The number of hydrogen-bond acceptors (Lipinski definition) is 5. The van der Waals surface area contributed by atoms with Crippen molar-refractivity contribution in [1.29, 1.82) is 0 Å². The van der Waals surface area contributed by atoms with Gasteiger partial charge in [0.2, 0.25) is 0 Å². The van der Waals surface area contributed by atoms with Crippen molar-refractivity contribution in [3.63, 3.8) is 0 Å². The van der Waals surface area contributed by atoms with Gasteiger partial charge in [-0.15, -0.1) is 0 Å². The van der Waals surface area contributed by atoms with Crippen molar-refractivity contribution >= 4 is 40.3 Å². The molecule has 2 aromatic rings. The molecule has 0 aliphatic rings. The minimum Gasteiger partial charge on any atom is -0.465 e. The van der Waals surface area contributed by atoms with Gasteiger partial charge in [-0.3, -0.25) is 4.79 Å². The third-order valence-electron chi connectivity index (χ3n) is 3.22. The molecule has 118 valence electrons. The Morgan fingerprint density at radius 3 is 1.91 bits per heavy atom. The first kappa shape index (κ1) is 17.1. The molecule has 23 heavy (non-hydrogen) atoms. The summed E-state index contributed by atoms with van der Waals surface area (Å²) in [7, 11) is 2.49. The van der Waals surface area contributed by atoms with E-state index < -0.39 is 11.9 Å². The number of methoxy groups -OCH3 is 2. The van der Waals surface area contributed by atoms with Crippen LogP contribution in [-0.2, 0) is 9.47 Å². The van der Waals surface area contributed by atoms with E-state index in [4.69, 9.17) is 9.47 Å². The molecule has 2 aromatic carbocycles. The van der Waals surface area contributed by atoms with Gasteiger partial charge in [0.1, 0.15) is 0 Å². The molecule has 0 heterocycles. The van der Waals surface area contributed by atoms with Crippen molar-refractivity contribution in [1.82, 2.24) is 0 Å². The normalized spacial score (nSPS) is 10.0. The highest BCUT2D eigenvalue weighted by atomic mass is 127. The van der Waals surface area contributed by atoms with Crippen LogP contribution in [-0.4, -0.2) is 31.9 Å². The molecule has 0 radical (unpaired) electrons. The Morgan fingerprint density at radius 1 is 0.826 bits per heavy atom. The summed E-state index contributed by atoms with van der Waals surface area (Å²) < 4.78 is 9.80. The molecular formula is C17H13IO5. The van der Waals surface area contributed by atoms with E-state index in [0.717, 1.165) is 0 Å². The van der Waals surface area contributed by atoms with Gasteiger partial charge < -0.3 is 9.47 Å². The number of benzene rings is 2.